The lowest BCUT2D eigenvalue weighted by Gasteiger charge is -2.35. The lowest BCUT2D eigenvalue weighted by molar-refractivity contribution is 0.175. The van der Waals surface area contributed by atoms with Gasteiger partial charge < -0.3 is 15.4 Å². The number of ether oxygens (including phenoxy) is 1. The van der Waals surface area contributed by atoms with Crippen LogP contribution in [0.1, 0.15) is 62.3 Å². The van der Waals surface area contributed by atoms with Crippen LogP contribution in [0.25, 0.3) is 0 Å². The van der Waals surface area contributed by atoms with Crippen molar-refractivity contribution in [2.24, 2.45) is 5.73 Å². The molecule has 148 valence electrons. The zero-order valence-electron chi connectivity index (χ0n) is 16.4. The van der Waals surface area contributed by atoms with E-state index >= 15 is 0 Å². The molecular weight excluding hydrogens is 350 g/mol. The third-order valence-electron chi connectivity index (χ3n) is 5.99. The fourth-order valence-corrected chi connectivity index (χ4v) is 4.35. The number of hydrogen-bond acceptors (Lipinski definition) is 4. The van der Waals surface area contributed by atoms with E-state index in [-0.39, 0.29) is 12.1 Å². The van der Waals surface area contributed by atoms with E-state index in [4.69, 9.17) is 21.3 Å². The Balaban J connectivity index is 1.59. The first kappa shape index (κ1) is 18.7. The van der Waals surface area contributed by atoms with Crippen LogP contribution in [0.3, 0.4) is 0 Å². The number of fused-ring (bicyclic) bond motifs is 1. The van der Waals surface area contributed by atoms with Gasteiger partial charge in [0.2, 0.25) is 5.96 Å². The minimum absolute atomic E-state index is 0.0517. The van der Waals surface area contributed by atoms with E-state index in [0.717, 1.165) is 43.4 Å². The van der Waals surface area contributed by atoms with Gasteiger partial charge in [0, 0.05) is 18.6 Å². The fourth-order valence-electron chi connectivity index (χ4n) is 4.35. The minimum Gasteiger partial charge on any atom is -0.484 e. The molecule has 0 amide bonds. The zero-order valence-corrected chi connectivity index (χ0v) is 16.4. The van der Waals surface area contributed by atoms with E-state index in [1.165, 1.54) is 6.42 Å². The van der Waals surface area contributed by atoms with Crippen LogP contribution in [0.4, 0.5) is 0 Å². The van der Waals surface area contributed by atoms with Crippen molar-refractivity contribution in [1.29, 1.82) is 10.8 Å². The minimum atomic E-state index is -0.0517. The normalized spacial score (nSPS) is 24.5. The number of aromatic nitrogens is 1. The summed E-state index contributed by atoms with van der Waals surface area (Å²) in [6.07, 6.45) is 6.87. The largest absolute Gasteiger partial charge is 0.484 e. The van der Waals surface area contributed by atoms with Gasteiger partial charge in [-0.25, -0.2) is 0 Å². The molecule has 0 bridgehead atoms. The summed E-state index contributed by atoms with van der Waals surface area (Å²) in [5.41, 5.74) is 8.85. The molecule has 0 radical (unpaired) electrons. The first-order valence-electron chi connectivity index (χ1n) is 10.2. The van der Waals surface area contributed by atoms with Crippen molar-refractivity contribution in [3.8, 4) is 5.75 Å². The Morgan fingerprint density at radius 2 is 1.86 bits per heavy atom. The molecule has 6 nitrogen and oxygen atoms in total. The van der Waals surface area contributed by atoms with Gasteiger partial charge in [-0.15, -0.1) is 0 Å². The van der Waals surface area contributed by atoms with Crippen molar-refractivity contribution in [2.75, 3.05) is 6.54 Å². The number of nitrogens with one attached hydrogen (secondary N) is 2. The van der Waals surface area contributed by atoms with Crippen LogP contribution in [0.15, 0.2) is 42.6 Å². The molecule has 1 aromatic heterocycles. The van der Waals surface area contributed by atoms with Crippen LogP contribution >= 0.6 is 0 Å². The van der Waals surface area contributed by atoms with Crippen LogP contribution in [-0.4, -0.2) is 28.0 Å². The van der Waals surface area contributed by atoms with Gasteiger partial charge in [0.05, 0.1) is 6.20 Å². The highest BCUT2D eigenvalue weighted by atomic mass is 16.5. The molecule has 1 aliphatic heterocycles. The van der Waals surface area contributed by atoms with E-state index < -0.39 is 0 Å². The van der Waals surface area contributed by atoms with Crippen molar-refractivity contribution in [3.05, 3.63) is 59.2 Å². The van der Waals surface area contributed by atoms with Gasteiger partial charge in [-0.3, -0.25) is 15.4 Å². The average molecular weight is 380 g/mol. The SMILES string of the molecule is CC1CCCCN1C(=N)n1cc(O[C@@H]2CCC(N)c3ccccc32)ccc1=N. The van der Waals surface area contributed by atoms with E-state index in [1.54, 1.807) is 16.8 Å². The van der Waals surface area contributed by atoms with Gasteiger partial charge in [0.25, 0.3) is 0 Å². The lowest BCUT2D eigenvalue weighted by Crippen LogP contribution is -2.47. The summed E-state index contributed by atoms with van der Waals surface area (Å²) in [6.45, 7) is 3.02. The summed E-state index contributed by atoms with van der Waals surface area (Å²) in [4.78, 5) is 2.08. The maximum atomic E-state index is 8.65. The van der Waals surface area contributed by atoms with Crippen molar-refractivity contribution < 1.29 is 4.74 Å². The Labute approximate surface area is 166 Å². The number of pyridine rings is 1. The quantitative estimate of drug-likeness (QED) is 0.550. The molecule has 1 aromatic carbocycles. The molecule has 0 spiro atoms. The summed E-state index contributed by atoms with van der Waals surface area (Å²) in [5.74, 6) is 1.04. The first-order chi connectivity index (χ1) is 13.5. The molecular formula is C22H29N5O. The monoisotopic (exact) mass is 379 g/mol. The molecule has 6 heteroatoms. The van der Waals surface area contributed by atoms with Crippen molar-refractivity contribution in [1.82, 2.24) is 9.47 Å². The third-order valence-corrected chi connectivity index (χ3v) is 5.99. The molecule has 2 unspecified atom stereocenters. The van der Waals surface area contributed by atoms with Crippen LogP contribution in [0.5, 0.6) is 5.75 Å². The van der Waals surface area contributed by atoms with Gasteiger partial charge in [-0.1, -0.05) is 24.3 Å². The van der Waals surface area contributed by atoms with Gasteiger partial charge in [0.1, 0.15) is 17.3 Å². The topological polar surface area (TPSA) is 91.1 Å². The summed E-state index contributed by atoms with van der Waals surface area (Å²) < 4.78 is 7.94. The predicted octanol–water partition coefficient (Wildman–Crippen LogP) is 3.54. The number of piperidine rings is 1. The number of rotatable bonds is 2. The lowest BCUT2D eigenvalue weighted by atomic mass is 9.86. The van der Waals surface area contributed by atoms with Gasteiger partial charge >= 0.3 is 0 Å². The van der Waals surface area contributed by atoms with Crippen molar-refractivity contribution >= 4 is 5.96 Å². The highest BCUT2D eigenvalue weighted by Crippen LogP contribution is 2.37. The Hall–Kier alpha value is -2.60. The Morgan fingerprint density at radius 1 is 1.07 bits per heavy atom. The maximum absolute atomic E-state index is 8.65. The van der Waals surface area contributed by atoms with Gasteiger partial charge in [0.15, 0.2) is 0 Å². The number of nitrogens with two attached hydrogens (primary N) is 1. The van der Waals surface area contributed by atoms with E-state index in [1.807, 2.05) is 18.2 Å². The number of nitrogens with zero attached hydrogens (tertiary/aromatic N) is 2. The van der Waals surface area contributed by atoms with Gasteiger partial charge in [-0.05, 0) is 62.3 Å². The second-order valence-electron chi connectivity index (χ2n) is 7.90. The second-order valence-corrected chi connectivity index (χ2v) is 7.90. The summed E-state index contributed by atoms with van der Waals surface area (Å²) >= 11 is 0. The Kier molecular flexibility index (Phi) is 5.22. The molecule has 2 aliphatic rings. The van der Waals surface area contributed by atoms with Crippen LogP contribution in [0.2, 0.25) is 0 Å². The summed E-state index contributed by atoms with van der Waals surface area (Å²) in [5, 5.41) is 16.9. The maximum Gasteiger partial charge on any atom is 0.204 e. The average Bonchev–Trinajstić information content (AvgIpc) is 2.71. The number of benzene rings is 1. The highest BCUT2D eigenvalue weighted by molar-refractivity contribution is 5.79. The molecule has 2 heterocycles. The van der Waals surface area contributed by atoms with Crippen molar-refractivity contribution in [2.45, 2.75) is 57.2 Å². The standard InChI is InChI=1S/C22H29N5O/c1-15-6-4-5-13-26(15)22(25)27-14-16(9-12-21(27)24)28-20-11-10-19(23)17-7-2-3-8-18(17)20/h2-3,7-9,12,14-15,19-20,24-25H,4-6,10-11,13,23H2,1H3/t15?,19?,20-/m1/s1. The van der Waals surface area contributed by atoms with Crippen LogP contribution in [-0.2, 0) is 0 Å². The van der Waals surface area contributed by atoms with E-state index in [2.05, 4.69) is 24.0 Å². The molecule has 1 aliphatic carbocycles. The molecule has 28 heavy (non-hydrogen) atoms. The fraction of sp³-hybridized carbons (Fsp3) is 0.455. The molecule has 2 aromatic rings. The highest BCUT2D eigenvalue weighted by Gasteiger charge is 2.27. The Bertz CT molecular complexity index is 921. The molecule has 4 N–H and O–H groups in total. The molecule has 1 fully saturated rings. The van der Waals surface area contributed by atoms with Gasteiger partial charge in [-0.2, -0.15) is 0 Å². The van der Waals surface area contributed by atoms with Crippen molar-refractivity contribution in [3.63, 3.8) is 0 Å². The predicted molar refractivity (Wildman–Crippen MR) is 109 cm³/mol. The van der Waals surface area contributed by atoms with Crippen LogP contribution < -0.4 is 16.0 Å². The first-order valence-corrected chi connectivity index (χ1v) is 10.2. The van der Waals surface area contributed by atoms with E-state index in [0.29, 0.717) is 23.2 Å². The summed E-state index contributed by atoms with van der Waals surface area (Å²) in [6, 6.07) is 12.1. The smallest absolute Gasteiger partial charge is 0.204 e. The number of likely N-dealkylation sites (tertiary alicyclic amines) is 1. The van der Waals surface area contributed by atoms with Crippen LogP contribution in [0, 0.1) is 10.8 Å². The zero-order chi connectivity index (χ0) is 19.7. The molecule has 4 rings (SSSR count). The molecule has 0 saturated carbocycles. The number of hydrogen-bond donors (Lipinski definition) is 3. The Morgan fingerprint density at radius 3 is 2.64 bits per heavy atom. The molecule has 1 saturated heterocycles. The molecule has 3 atom stereocenters. The van der Waals surface area contributed by atoms with E-state index in [9.17, 15) is 0 Å². The summed E-state index contributed by atoms with van der Waals surface area (Å²) in [7, 11) is 0. The third kappa shape index (κ3) is 3.56. The second kappa shape index (κ2) is 7.80.